The van der Waals surface area contributed by atoms with Crippen LogP contribution in [-0.2, 0) is 16.8 Å². The van der Waals surface area contributed by atoms with Gasteiger partial charge in [0.05, 0.1) is 0 Å². The van der Waals surface area contributed by atoms with E-state index in [1.807, 2.05) is 6.92 Å². The molecule has 0 aromatic heterocycles. The highest BCUT2D eigenvalue weighted by atomic mass is 32.2. The number of hydrogen-bond donors (Lipinski definition) is 2. The lowest BCUT2D eigenvalue weighted by Gasteiger charge is -2.32. The second-order valence-electron chi connectivity index (χ2n) is 5.69. The maximum atomic E-state index is 12.9. The van der Waals surface area contributed by atoms with Crippen LogP contribution in [0.15, 0.2) is 24.3 Å². The minimum absolute atomic E-state index is 0.0150. The molecule has 1 aromatic carbocycles. The van der Waals surface area contributed by atoms with Gasteiger partial charge in [0.25, 0.3) is 10.2 Å². The van der Waals surface area contributed by atoms with Crippen LogP contribution in [0.2, 0.25) is 0 Å². The van der Waals surface area contributed by atoms with Crippen LogP contribution in [0.1, 0.15) is 31.7 Å². The first kappa shape index (κ1) is 17.3. The molecule has 0 aliphatic carbocycles. The molecule has 22 heavy (non-hydrogen) atoms. The topological polar surface area (TPSA) is 61.4 Å². The number of nitrogens with one attached hydrogen (secondary N) is 2. The summed E-state index contributed by atoms with van der Waals surface area (Å²) in [5.41, 5.74) is 1.07. The molecule has 0 unspecified atom stereocenters. The van der Waals surface area contributed by atoms with Gasteiger partial charge in [-0.05, 0) is 37.0 Å². The number of rotatable bonds is 7. The second kappa shape index (κ2) is 8.01. The molecule has 7 heteroatoms. The lowest BCUT2D eigenvalue weighted by Crippen LogP contribution is -2.48. The Bertz CT molecular complexity index is 555. The highest BCUT2D eigenvalue weighted by molar-refractivity contribution is 7.87. The van der Waals surface area contributed by atoms with Gasteiger partial charge in [0.15, 0.2) is 0 Å². The molecule has 1 aliphatic heterocycles. The van der Waals surface area contributed by atoms with Gasteiger partial charge in [0.1, 0.15) is 5.82 Å². The Morgan fingerprint density at radius 2 is 1.86 bits per heavy atom. The third-order valence-electron chi connectivity index (χ3n) is 3.77. The van der Waals surface area contributed by atoms with Crippen molar-refractivity contribution in [1.82, 2.24) is 14.3 Å². The van der Waals surface area contributed by atoms with Gasteiger partial charge in [-0.15, -0.1) is 0 Å². The van der Waals surface area contributed by atoms with Crippen molar-refractivity contribution >= 4 is 10.2 Å². The maximum absolute atomic E-state index is 12.9. The fraction of sp³-hybridized carbons (Fsp3) is 0.600. The average molecular weight is 329 g/mol. The van der Waals surface area contributed by atoms with Crippen LogP contribution in [0.5, 0.6) is 0 Å². The number of likely N-dealkylation sites (tertiary alicyclic amines) is 1. The molecule has 0 bridgehead atoms. The quantitative estimate of drug-likeness (QED) is 0.799. The van der Waals surface area contributed by atoms with Crippen LogP contribution in [-0.4, -0.2) is 39.0 Å². The third-order valence-corrected chi connectivity index (χ3v) is 5.00. The molecule has 1 aliphatic rings. The van der Waals surface area contributed by atoms with Crippen LogP contribution in [0.4, 0.5) is 4.39 Å². The minimum Gasteiger partial charge on any atom is -0.299 e. The fourth-order valence-electron chi connectivity index (χ4n) is 2.55. The summed E-state index contributed by atoms with van der Waals surface area (Å²) < 4.78 is 41.7. The van der Waals surface area contributed by atoms with Crippen molar-refractivity contribution in [1.29, 1.82) is 0 Å². The summed E-state index contributed by atoms with van der Waals surface area (Å²) in [5.74, 6) is -0.226. The Labute approximate surface area is 132 Å². The number of piperidine rings is 1. The van der Waals surface area contributed by atoms with Crippen molar-refractivity contribution in [2.75, 3.05) is 19.6 Å². The van der Waals surface area contributed by atoms with Gasteiger partial charge in [-0.2, -0.15) is 13.1 Å². The van der Waals surface area contributed by atoms with Gasteiger partial charge in [0, 0.05) is 32.2 Å². The molecule has 2 rings (SSSR count). The van der Waals surface area contributed by atoms with Crippen molar-refractivity contribution in [2.45, 2.75) is 38.8 Å². The number of benzene rings is 1. The Morgan fingerprint density at radius 3 is 2.45 bits per heavy atom. The SMILES string of the molecule is CCCNS(=O)(=O)NC1CCN(Cc2ccc(F)cc2)CC1. The molecule has 0 atom stereocenters. The van der Waals surface area contributed by atoms with E-state index in [2.05, 4.69) is 14.3 Å². The maximum Gasteiger partial charge on any atom is 0.277 e. The molecule has 5 nitrogen and oxygen atoms in total. The molecule has 1 aromatic rings. The van der Waals surface area contributed by atoms with E-state index in [-0.39, 0.29) is 11.9 Å². The van der Waals surface area contributed by atoms with Crippen LogP contribution in [0.3, 0.4) is 0 Å². The molecule has 2 N–H and O–H groups in total. The highest BCUT2D eigenvalue weighted by Gasteiger charge is 2.23. The lowest BCUT2D eigenvalue weighted by atomic mass is 10.1. The van der Waals surface area contributed by atoms with E-state index in [1.54, 1.807) is 12.1 Å². The minimum atomic E-state index is -3.38. The summed E-state index contributed by atoms with van der Waals surface area (Å²) >= 11 is 0. The van der Waals surface area contributed by atoms with E-state index in [1.165, 1.54) is 12.1 Å². The molecule has 0 amide bonds. The molecule has 124 valence electrons. The summed E-state index contributed by atoms with van der Waals surface area (Å²) in [6, 6.07) is 6.50. The highest BCUT2D eigenvalue weighted by Crippen LogP contribution is 2.14. The molecule has 0 spiro atoms. The van der Waals surface area contributed by atoms with E-state index >= 15 is 0 Å². The molecule has 0 radical (unpaired) electrons. The predicted octanol–water partition coefficient (Wildman–Crippen LogP) is 1.62. The Hall–Kier alpha value is -1.02. The van der Waals surface area contributed by atoms with E-state index in [9.17, 15) is 12.8 Å². The van der Waals surface area contributed by atoms with Crippen LogP contribution in [0, 0.1) is 5.82 Å². The fourth-order valence-corrected chi connectivity index (χ4v) is 3.79. The van der Waals surface area contributed by atoms with Crippen LogP contribution >= 0.6 is 0 Å². The summed E-state index contributed by atoms with van der Waals surface area (Å²) in [5, 5.41) is 0. The summed E-state index contributed by atoms with van der Waals surface area (Å²) in [7, 11) is -3.38. The van der Waals surface area contributed by atoms with E-state index in [0.717, 1.165) is 44.5 Å². The van der Waals surface area contributed by atoms with E-state index in [4.69, 9.17) is 0 Å². The van der Waals surface area contributed by atoms with E-state index in [0.29, 0.717) is 6.54 Å². The van der Waals surface area contributed by atoms with Crippen molar-refractivity contribution in [3.63, 3.8) is 0 Å². The molecule has 1 heterocycles. The Balaban J connectivity index is 1.77. The zero-order valence-corrected chi connectivity index (χ0v) is 13.7. The zero-order chi connectivity index (χ0) is 16.0. The molecule has 1 saturated heterocycles. The first-order valence-corrected chi connectivity index (χ1v) is 9.20. The average Bonchev–Trinajstić information content (AvgIpc) is 2.49. The van der Waals surface area contributed by atoms with Gasteiger partial charge in [0.2, 0.25) is 0 Å². The van der Waals surface area contributed by atoms with Crippen molar-refractivity contribution in [2.24, 2.45) is 0 Å². The Kier molecular flexibility index (Phi) is 6.31. The van der Waals surface area contributed by atoms with Gasteiger partial charge in [-0.1, -0.05) is 19.1 Å². The molecular weight excluding hydrogens is 305 g/mol. The van der Waals surface area contributed by atoms with Gasteiger partial charge in [-0.25, -0.2) is 9.11 Å². The lowest BCUT2D eigenvalue weighted by molar-refractivity contribution is 0.199. The molecule has 1 fully saturated rings. The van der Waals surface area contributed by atoms with Crippen LogP contribution < -0.4 is 9.44 Å². The summed E-state index contributed by atoms with van der Waals surface area (Å²) in [6.07, 6.45) is 2.35. The monoisotopic (exact) mass is 329 g/mol. The van der Waals surface area contributed by atoms with Gasteiger partial charge < -0.3 is 0 Å². The normalized spacial score (nSPS) is 17.7. The van der Waals surface area contributed by atoms with Crippen molar-refractivity contribution in [3.8, 4) is 0 Å². The van der Waals surface area contributed by atoms with E-state index < -0.39 is 10.2 Å². The number of halogens is 1. The van der Waals surface area contributed by atoms with Gasteiger partial charge >= 0.3 is 0 Å². The summed E-state index contributed by atoms with van der Waals surface area (Å²) in [6.45, 7) is 4.82. The van der Waals surface area contributed by atoms with Gasteiger partial charge in [-0.3, -0.25) is 4.90 Å². The van der Waals surface area contributed by atoms with Crippen LogP contribution in [0.25, 0.3) is 0 Å². The first-order valence-electron chi connectivity index (χ1n) is 7.72. The molecular formula is C15H24FN3O2S. The zero-order valence-electron chi connectivity index (χ0n) is 12.9. The first-order chi connectivity index (χ1) is 10.5. The van der Waals surface area contributed by atoms with Crippen molar-refractivity contribution < 1.29 is 12.8 Å². The second-order valence-corrected chi connectivity index (χ2v) is 7.22. The number of hydrogen-bond acceptors (Lipinski definition) is 3. The number of nitrogens with zero attached hydrogens (tertiary/aromatic N) is 1. The summed E-state index contributed by atoms with van der Waals surface area (Å²) in [4.78, 5) is 2.26. The smallest absolute Gasteiger partial charge is 0.277 e. The molecule has 0 saturated carbocycles. The predicted molar refractivity (Wildman–Crippen MR) is 85.0 cm³/mol. The Morgan fingerprint density at radius 1 is 1.23 bits per heavy atom. The largest absolute Gasteiger partial charge is 0.299 e. The third kappa shape index (κ3) is 5.64. The standard InChI is InChI=1S/C15H24FN3O2S/c1-2-9-17-22(20,21)18-15-7-10-19(11-8-15)12-13-3-5-14(16)6-4-13/h3-6,15,17-18H,2,7-12H2,1H3. The van der Waals surface area contributed by atoms with Crippen molar-refractivity contribution in [3.05, 3.63) is 35.6 Å².